The molecule has 0 radical (unpaired) electrons. The van der Waals surface area contributed by atoms with Crippen molar-refractivity contribution in [2.24, 2.45) is 0 Å². The molecular weight excluding hydrogens is 524 g/mol. The fourth-order valence-corrected chi connectivity index (χ4v) is 6.07. The summed E-state index contributed by atoms with van der Waals surface area (Å²) in [6.45, 7) is 5.79. The number of hydrogen-bond donors (Lipinski definition) is 0. The largest absolute Gasteiger partial charge is 0.450 e. The van der Waals surface area contributed by atoms with Gasteiger partial charge in [-0.3, -0.25) is 4.79 Å². The van der Waals surface area contributed by atoms with Gasteiger partial charge in [0.2, 0.25) is 15.8 Å². The van der Waals surface area contributed by atoms with Crippen LogP contribution in [0, 0.1) is 20.8 Å². The topological polar surface area (TPSA) is 97.1 Å². The smallest absolute Gasteiger partial charge is 0.375 e. The zero-order chi connectivity index (χ0) is 24.6. The summed E-state index contributed by atoms with van der Waals surface area (Å²) in [6, 6.07) is 10.6. The predicted molar refractivity (Wildman–Crippen MR) is 130 cm³/mol. The molecule has 0 N–H and O–H groups in total. The molecule has 0 spiro atoms. The number of fused-ring (bicyclic) bond motifs is 1. The molecule has 4 rings (SSSR count). The second kappa shape index (κ2) is 9.52. The average molecular weight is 549 g/mol. The van der Waals surface area contributed by atoms with E-state index in [2.05, 4.69) is 15.9 Å². The van der Waals surface area contributed by atoms with Crippen LogP contribution in [-0.4, -0.2) is 62.3 Å². The van der Waals surface area contributed by atoms with Crippen LogP contribution in [0.1, 0.15) is 27.2 Å². The molecule has 0 saturated carbocycles. The molecule has 0 bridgehead atoms. The summed E-state index contributed by atoms with van der Waals surface area (Å²) >= 11 is 3.39. The van der Waals surface area contributed by atoms with Gasteiger partial charge in [0.15, 0.2) is 6.61 Å². The van der Waals surface area contributed by atoms with Crippen LogP contribution >= 0.6 is 15.9 Å². The van der Waals surface area contributed by atoms with Gasteiger partial charge in [-0.25, -0.2) is 13.2 Å². The van der Waals surface area contributed by atoms with Crippen molar-refractivity contribution in [3.8, 4) is 0 Å². The Hall–Kier alpha value is -2.69. The van der Waals surface area contributed by atoms with Gasteiger partial charge in [0.05, 0.1) is 4.90 Å². The number of benzene rings is 2. The van der Waals surface area contributed by atoms with Crippen molar-refractivity contribution in [3.05, 3.63) is 63.3 Å². The average Bonchev–Trinajstić information content (AvgIpc) is 3.13. The molecule has 180 valence electrons. The number of sulfonamides is 1. The van der Waals surface area contributed by atoms with E-state index in [1.54, 1.807) is 32.0 Å². The van der Waals surface area contributed by atoms with Crippen LogP contribution in [0.2, 0.25) is 0 Å². The maximum Gasteiger partial charge on any atom is 0.375 e. The molecule has 1 aliphatic heterocycles. The lowest BCUT2D eigenvalue weighted by atomic mass is 10.1. The zero-order valence-corrected chi connectivity index (χ0v) is 21.5. The van der Waals surface area contributed by atoms with E-state index < -0.39 is 22.6 Å². The molecule has 34 heavy (non-hydrogen) atoms. The lowest BCUT2D eigenvalue weighted by Gasteiger charge is -2.34. The Morgan fingerprint density at radius 3 is 2.41 bits per heavy atom. The van der Waals surface area contributed by atoms with E-state index >= 15 is 0 Å². The first-order valence-corrected chi connectivity index (χ1v) is 13.0. The zero-order valence-electron chi connectivity index (χ0n) is 19.1. The molecule has 8 nitrogen and oxygen atoms in total. The first kappa shape index (κ1) is 24.4. The Bertz CT molecular complexity index is 1370. The number of hydrogen-bond acceptors (Lipinski definition) is 6. The van der Waals surface area contributed by atoms with Crippen molar-refractivity contribution in [1.29, 1.82) is 0 Å². The van der Waals surface area contributed by atoms with Crippen molar-refractivity contribution in [2.75, 3.05) is 32.8 Å². The number of piperazine rings is 1. The molecule has 1 aliphatic rings. The number of ether oxygens (including phenoxy) is 1. The van der Waals surface area contributed by atoms with Gasteiger partial charge in [-0.15, -0.1) is 0 Å². The monoisotopic (exact) mass is 548 g/mol. The Kier molecular flexibility index (Phi) is 6.84. The lowest BCUT2D eigenvalue weighted by Crippen LogP contribution is -2.51. The number of rotatable bonds is 5. The number of aryl methyl sites for hydroxylation is 3. The molecule has 1 aromatic heterocycles. The molecule has 1 fully saturated rings. The second-order valence-electron chi connectivity index (χ2n) is 8.33. The van der Waals surface area contributed by atoms with Gasteiger partial charge in [-0.2, -0.15) is 4.31 Å². The first-order valence-electron chi connectivity index (χ1n) is 10.8. The summed E-state index contributed by atoms with van der Waals surface area (Å²) < 4.78 is 39.1. The molecule has 2 heterocycles. The van der Waals surface area contributed by atoms with E-state index in [1.807, 2.05) is 25.1 Å². The minimum absolute atomic E-state index is 0.0604. The third-order valence-electron chi connectivity index (χ3n) is 5.95. The van der Waals surface area contributed by atoms with Crippen molar-refractivity contribution in [1.82, 2.24) is 9.21 Å². The summed E-state index contributed by atoms with van der Waals surface area (Å²) in [7, 11) is -3.65. The summed E-state index contributed by atoms with van der Waals surface area (Å²) in [5.41, 5.74) is 2.88. The van der Waals surface area contributed by atoms with Crippen LogP contribution in [0.4, 0.5) is 0 Å². The van der Waals surface area contributed by atoms with Gasteiger partial charge in [0.25, 0.3) is 5.91 Å². The number of esters is 1. The fraction of sp³-hybridized carbons (Fsp3) is 0.333. The van der Waals surface area contributed by atoms with Crippen LogP contribution in [0.15, 0.2) is 50.2 Å². The number of furan rings is 1. The summed E-state index contributed by atoms with van der Waals surface area (Å²) in [5.74, 6) is -1.03. The quantitative estimate of drug-likeness (QED) is 0.449. The van der Waals surface area contributed by atoms with Gasteiger partial charge >= 0.3 is 5.97 Å². The van der Waals surface area contributed by atoms with Crippen molar-refractivity contribution in [2.45, 2.75) is 25.7 Å². The third-order valence-corrected chi connectivity index (χ3v) is 8.50. The van der Waals surface area contributed by atoms with Crippen LogP contribution in [-0.2, 0) is 19.6 Å². The lowest BCUT2D eigenvalue weighted by molar-refractivity contribution is -0.135. The maximum absolute atomic E-state index is 13.0. The molecule has 0 atom stereocenters. The van der Waals surface area contributed by atoms with Crippen molar-refractivity contribution in [3.63, 3.8) is 0 Å². The van der Waals surface area contributed by atoms with Crippen molar-refractivity contribution >= 4 is 48.8 Å². The number of nitrogens with zero attached hydrogens (tertiary/aromatic N) is 2. The maximum atomic E-state index is 13.0. The molecule has 2 aromatic carbocycles. The Morgan fingerprint density at radius 1 is 1.03 bits per heavy atom. The van der Waals surface area contributed by atoms with E-state index in [1.165, 1.54) is 9.21 Å². The Morgan fingerprint density at radius 2 is 1.74 bits per heavy atom. The molecule has 10 heteroatoms. The third kappa shape index (κ3) is 4.75. The van der Waals surface area contributed by atoms with E-state index in [4.69, 9.17) is 9.15 Å². The standard InChI is InChI=1S/C24H25BrN2O6S/c1-15-4-7-21(16(2)12-15)34(30,31)27-10-8-26(9-11-27)22(28)14-32-24(29)23-17(3)19-13-18(25)5-6-20(19)33-23/h4-7,12-13H,8-11,14H2,1-3H3. The van der Waals surface area contributed by atoms with Gasteiger partial charge in [0, 0.05) is 41.6 Å². The van der Waals surface area contributed by atoms with Gasteiger partial charge < -0.3 is 14.1 Å². The van der Waals surface area contributed by atoms with Crippen LogP contribution in [0.3, 0.4) is 0 Å². The molecule has 0 aliphatic carbocycles. The fourth-order valence-electron chi connectivity index (χ4n) is 4.08. The number of carbonyl (C=O) groups is 2. The van der Waals surface area contributed by atoms with Gasteiger partial charge in [-0.05, 0) is 50.6 Å². The van der Waals surface area contributed by atoms with E-state index in [0.717, 1.165) is 15.4 Å². The number of carbonyl (C=O) groups excluding carboxylic acids is 2. The molecule has 1 saturated heterocycles. The molecule has 1 amide bonds. The summed E-state index contributed by atoms with van der Waals surface area (Å²) in [5, 5.41) is 0.786. The van der Waals surface area contributed by atoms with E-state index in [-0.39, 0.29) is 42.7 Å². The van der Waals surface area contributed by atoms with Crippen LogP contribution in [0.5, 0.6) is 0 Å². The van der Waals surface area contributed by atoms with Crippen molar-refractivity contribution < 1.29 is 27.2 Å². The Labute approximate surface area is 206 Å². The van der Waals surface area contributed by atoms with Crippen LogP contribution < -0.4 is 0 Å². The summed E-state index contributed by atoms with van der Waals surface area (Å²) in [6.07, 6.45) is 0. The number of halogens is 1. The minimum atomic E-state index is -3.65. The molecular formula is C24H25BrN2O6S. The first-order chi connectivity index (χ1) is 16.1. The Balaban J connectivity index is 1.35. The van der Waals surface area contributed by atoms with Crippen LogP contribution in [0.25, 0.3) is 11.0 Å². The highest BCUT2D eigenvalue weighted by molar-refractivity contribution is 9.10. The normalized spacial score (nSPS) is 15.0. The highest BCUT2D eigenvalue weighted by atomic mass is 79.9. The number of amides is 1. The van der Waals surface area contributed by atoms with Gasteiger partial charge in [-0.1, -0.05) is 33.6 Å². The van der Waals surface area contributed by atoms with Gasteiger partial charge in [0.1, 0.15) is 5.58 Å². The summed E-state index contributed by atoms with van der Waals surface area (Å²) in [4.78, 5) is 26.9. The second-order valence-corrected chi connectivity index (χ2v) is 11.1. The SMILES string of the molecule is Cc1ccc(S(=O)(=O)N2CCN(C(=O)COC(=O)c3oc4ccc(Br)cc4c3C)CC2)c(C)c1. The van der Waals surface area contributed by atoms with E-state index in [9.17, 15) is 18.0 Å². The molecule has 3 aromatic rings. The molecule has 0 unspecified atom stereocenters. The minimum Gasteiger partial charge on any atom is -0.450 e. The highest BCUT2D eigenvalue weighted by Crippen LogP contribution is 2.28. The van der Waals surface area contributed by atoms with E-state index in [0.29, 0.717) is 16.7 Å². The predicted octanol–water partition coefficient (Wildman–Crippen LogP) is 3.81. The highest BCUT2D eigenvalue weighted by Gasteiger charge is 2.31.